The maximum absolute atomic E-state index is 2.41. The first-order valence-corrected chi connectivity index (χ1v) is 13.0. The summed E-state index contributed by atoms with van der Waals surface area (Å²) in [7, 11) is 0. The molecule has 0 aliphatic carbocycles. The molecule has 0 aromatic heterocycles. The van der Waals surface area contributed by atoms with E-state index in [9.17, 15) is 0 Å². The standard InChI is InChI=1S/C37H28/c1-23-4-10-26(11-5-23)31-18-29-16-17-30-19-32(27-12-6-24(2)7-13-27)21-35-34(28-14-8-25(3)9-15-28)22-33(20-31)36(29)37(30)35/h4-22H,1-3H3. The Balaban J connectivity index is 1.57. The molecule has 0 spiro atoms. The lowest BCUT2D eigenvalue weighted by molar-refractivity contribution is 1.47. The van der Waals surface area contributed by atoms with Crippen LogP contribution in [0.3, 0.4) is 0 Å². The third kappa shape index (κ3) is 3.69. The SMILES string of the molecule is Cc1ccc(-c2cc3ccc4cc(-c5ccc(C)cc5)cc5c(-c6ccc(C)cc6)cc(c2)c3c45)cc1. The Morgan fingerprint density at radius 3 is 1.30 bits per heavy atom. The Morgan fingerprint density at radius 1 is 0.324 bits per heavy atom. The Hall–Kier alpha value is -4.42. The van der Waals surface area contributed by atoms with Gasteiger partial charge in [0.25, 0.3) is 0 Å². The second-order valence-corrected chi connectivity index (χ2v) is 10.5. The Bertz CT molecular complexity index is 1900. The molecule has 0 saturated carbocycles. The molecule has 0 heterocycles. The van der Waals surface area contributed by atoms with E-state index in [0.717, 1.165) is 0 Å². The van der Waals surface area contributed by atoms with E-state index in [2.05, 4.69) is 136 Å². The van der Waals surface area contributed by atoms with Gasteiger partial charge in [0.15, 0.2) is 0 Å². The monoisotopic (exact) mass is 472 g/mol. The van der Waals surface area contributed by atoms with E-state index < -0.39 is 0 Å². The van der Waals surface area contributed by atoms with E-state index in [-0.39, 0.29) is 0 Å². The van der Waals surface area contributed by atoms with Gasteiger partial charge in [-0.3, -0.25) is 0 Å². The van der Waals surface area contributed by atoms with E-state index in [0.29, 0.717) is 0 Å². The first kappa shape index (κ1) is 21.8. The van der Waals surface area contributed by atoms with Crippen molar-refractivity contribution in [1.29, 1.82) is 0 Å². The molecule has 7 aromatic rings. The lowest BCUT2D eigenvalue weighted by Crippen LogP contribution is -1.91. The summed E-state index contributed by atoms with van der Waals surface area (Å²) >= 11 is 0. The van der Waals surface area contributed by atoms with Gasteiger partial charge in [-0.15, -0.1) is 0 Å². The van der Waals surface area contributed by atoms with Gasteiger partial charge in [-0.2, -0.15) is 0 Å². The second-order valence-electron chi connectivity index (χ2n) is 10.5. The van der Waals surface area contributed by atoms with Gasteiger partial charge in [-0.25, -0.2) is 0 Å². The maximum Gasteiger partial charge on any atom is -0.00201 e. The van der Waals surface area contributed by atoms with Crippen molar-refractivity contribution < 1.29 is 0 Å². The summed E-state index contributed by atoms with van der Waals surface area (Å²) in [6.07, 6.45) is 0. The number of hydrogen-bond donors (Lipinski definition) is 0. The summed E-state index contributed by atoms with van der Waals surface area (Å²) in [5.41, 5.74) is 11.4. The smallest absolute Gasteiger partial charge is 0.00201 e. The first-order valence-electron chi connectivity index (χ1n) is 13.0. The summed E-state index contributed by atoms with van der Waals surface area (Å²) in [4.78, 5) is 0. The third-order valence-electron chi connectivity index (χ3n) is 7.78. The average Bonchev–Trinajstić information content (AvgIpc) is 2.92. The molecule has 0 saturated heterocycles. The van der Waals surface area contributed by atoms with Gasteiger partial charge in [0, 0.05) is 0 Å². The summed E-state index contributed by atoms with van der Waals surface area (Å²) in [6.45, 7) is 6.44. The lowest BCUT2D eigenvalue weighted by atomic mass is 9.85. The van der Waals surface area contributed by atoms with Crippen molar-refractivity contribution in [3.8, 4) is 33.4 Å². The Labute approximate surface area is 218 Å². The highest BCUT2D eigenvalue weighted by atomic mass is 14.2. The van der Waals surface area contributed by atoms with Crippen molar-refractivity contribution in [3.05, 3.63) is 132 Å². The first-order chi connectivity index (χ1) is 18.0. The molecule has 176 valence electrons. The zero-order valence-corrected chi connectivity index (χ0v) is 21.5. The molecular weight excluding hydrogens is 444 g/mol. The van der Waals surface area contributed by atoms with E-state index in [1.165, 1.54) is 82.4 Å². The molecule has 0 aliphatic heterocycles. The van der Waals surface area contributed by atoms with Crippen LogP contribution in [0.4, 0.5) is 0 Å². The fourth-order valence-corrected chi connectivity index (χ4v) is 5.72. The third-order valence-corrected chi connectivity index (χ3v) is 7.78. The van der Waals surface area contributed by atoms with Crippen LogP contribution in [0.5, 0.6) is 0 Å². The second kappa shape index (κ2) is 8.32. The van der Waals surface area contributed by atoms with Crippen LogP contribution in [0.2, 0.25) is 0 Å². The topological polar surface area (TPSA) is 0 Å². The Morgan fingerprint density at radius 2 is 0.757 bits per heavy atom. The summed E-state index contributed by atoms with van der Waals surface area (Å²) in [5, 5.41) is 7.92. The molecule has 0 heteroatoms. The molecule has 0 N–H and O–H groups in total. The minimum atomic E-state index is 1.26. The fraction of sp³-hybridized carbons (Fsp3) is 0.0811. The van der Waals surface area contributed by atoms with Crippen LogP contribution >= 0.6 is 0 Å². The van der Waals surface area contributed by atoms with Gasteiger partial charge in [0.2, 0.25) is 0 Å². The molecule has 7 aromatic carbocycles. The predicted molar refractivity (Wildman–Crippen MR) is 161 cm³/mol. The van der Waals surface area contributed by atoms with Crippen molar-refractivity contribution in [1.82, 2.24) is 0 Å². The lowest BCUT2D eigenvalue weighted by Gasteiger charge is -2.18. The van der Waals surface area contributed by atoms with Gasteiger partial charge in [0.1, 0.15) is 0 Å². The molecule has 0 fully saturated rings. The molecule has 0 amide bonds. The van der Waals surface area contributed by atoms with Crippen molar-refractivity contribution >= 4 is 32.3 Å². The molecule has 0 atom stereocenters. The Kier molecular flexibility index (Phi) is 4.91. The molecule has 0 unspecified atom stereocenters. The van der Waals surface area contributed by atoms with E-state index in [4.69, 9.17) is 0 Å². The highest BCUT2D eigenvalue weighted by Gasteiger charge is 2.16. The zero-order valence-electron chi connectivity index (χ0n) is 21.5. The van der Waals surface area contributed by atoms with Crippen molar-refractivity contribution in [2.75, 3.05) is 0 Å². The molecule has 37 heavy (non-hydrogen) atoms. The van der Waals surface area contributed by atoms with Crippen molar-refractivity contribution in [2.45, 2.75) is 20.8 Å². The van der Waals surface area contributed by atoms with Gasteiger partial charge in [-0.1, -0.05) is 102 Å². The predicted octanol–water partition coefficient (Wildman–Crippen LogP) is 10.5. The minimum absolute atomic E-state index is 1.26. The molecule has 0 nitrogen and oxygen atoms in total. The largest absolute Gasteiger partial charge is 0.0587 e. The van der Waals surface area contributed by atoms with Gasteiger partial charge >= 0.3 is 0 Å². The minimum Gasteiger partial charge on any atom is -0.0587 e. The zero-order chi connectivity index (χ0) is 25.1. The molecule has 0 bridgehead atoms. The molecule has 7 rings (SSSR count). The van der Waals surface area contributed by atoms with E-state index >= 15 is 0 Å². The van der Waals surface area contributed by atoms with Crippen LogP contribution in [0.15, 0.2) is 115 Å². The van der Waals surface area contributed by atoms with Crippen LogP contribution in [-0.2, 0) is 0 Å². The van der Waals surface area contributed by atoms with Crippen LogP contribution < -0.4 is 0 Å². The normalized spacial score (nSPS) is 11.6. The van der Waals surface area contributed by atoms with Gasteiger partial charge in [-0.05, 0) is 117 Å². The van der Waals surface area contributed by atoms with E-state index in [1.54, 1.807) is 0 Å². The fourth-order valence-electron chi connectivity index (χ4n) is 5.72. The number of benzene rings is 7. The highest BCUT2D eigenvalue weighted by Crippen LogP contribution is 2.44. The van der Waals surface area contributed by atoms with Crippen molar-refractivity contribution in [2.24, 2.45) is 0 Å². The van der Waals surface area contributed by atoms with E-state index in [1.807, 2.05) is 0 Å². The quantitative estimate of drug-likeness (QED) is 0.224. The van der Waals surface area contributed by atoms with Gasteiger partial charge in [0.05, 0.1) is 0 Å². The maximum atomic E-state index is 2.41. The molecule has 0 aliphatic rings. The van der Waals surface area contributed by atoms with Crippen molar-refractivity contribution in [3.63, 3.8) is 0 Å². The van der Waals surface area contributed by atoms with Crippen LogP contribution in [0, 0.1) is 20.8 Å². The van der Waals surface area contributed by atoms with Gasteiger partial charge < -0.3 is 0 Å². The molecular formula is C37H28. The summed E-state index contributed by atoms with van der Waals surface area (Å²) in [6, 6.07) is 43.2. The number of aryl methyl sites for hydroxylation is 3. The summed E-state index contributed by atoms with van der Waals surface area (Å²) < 4.78 is 0. The average molecular weight is 473 g/mol. The van der Waals surface area contributed by atoms with Crippen LogP contribution in [0.25, 0.3) is 65.7 Å². The number of rotatable bonds is 3. The summed E-state index contributed by atoms with van der Waals surface area (Å²) in [5.74, 6) is 0. The molecule has 0 radical (unpaired) electrons. The van der Waals surface area contributed by atoms with Crippen LogP contribution in [-0.4, -0.2) is 0 Å². The number of hydrogen-bond acceptors (Lipinski definition) is 0. The highest BCUT2D eigenvalue weighted by molar-refractivity contribution is 6.27. The van der Waals surface area contributed by atoms with Crippen LogP contribution in [0.1, 0.15) is 16.7 Å².